The summed E-state index contributed by atoms with van der Waals surface area (Å²) in [6.45, 7) is 4.76. The maximum Gasteiger partial charge on any atom is 0.152 e. The average Bonchev–Trinajstić information content (AvgIpc) is 2.35. The van der Waals surface area contributed by atoms with Crippen LogP contribution in [0.1, 0.15) is 18.9 Å². The van der Waals surface area contributed by atoms with Crippen molar-refractivity contribution in [2.75, 3.05) is 11.9 Å². The summed E-state index contributed by atoms with van der Waals surface area (Å²) in [5.41, 5.74) is 2.31. The number of nitrogens with zero attached hydrogens (tertiary/aromatic N) is 2. The Labute approximate surface area is 106 Å². The van der Waals surface area contributed by atoms with Crippen LogP contribution in [0.3, 0.4) is 0 Å². The fraction of sp³-hybridized carbons (Fsp3) is 0.286. The highest BCUT2D eigenvalue weighted by Gasteiger charge is 2.08. The summed E-state index contributed by atoms with van der Waals surface area (Å²) in [6.07, 6.45) is 4.25. The maximum absolute atomic E-state index is 13.4. The second kappa shape index (κ2) is 5.58. The van der Waals surface area contributed by atoms with E-state index in [4.69, 9.17) is 0 Å². The number of aryl methyl sites for hydroxylation is 1. The molecule has 0 aliphatic carbocycles. The Hall–Kier alpha value is -1.97. The van der Waals surface area contributed by atoms with Crippen LogP contribution in [-0.2, 0) is 0 Å². The fourth-order valence-electron chi connectivity index (χ4n) is 1.80. The summed E-state index contributed by atoms with van der Waals surface area (Å²) in [7, 11) is 0. The van der Waals surface area contributed by atoms with E-state index >= 15 is 0 Å². The van der Waals surface area contributed by atoms with E-state index in [-0.39, 0.29) is 5.82 Å². The van der Waals surface area contributed by atoms with Gasteiger partial charge < -0.3 is 5.32 Å². The molecule has 1 heterocycles. The number of hydrogen-bond donors (Lipinski definition) is 1. The van der Waals surface area contributed by atoms with Crippen molar-refractivity contribution in [3.8, 4) is 11.3 Å². The van der Waals surface area contributed by atoms with E-state index in [1.54, 1.807) is 12.4 Å². The summed E-state index contributed by atoms with van der Waals surface area (Å²) in [6, 6.07) is 4.89. The van der Waals surface area contributed by atoms with Crippen LogP contribution in [0.5, 0.6) is 0 Å². The Morgan fingerprint density at radius 1 is 1.17 bits per heavy atom. The smallest absolute Gasteiger partial charge is 0.152 e. The van der Waals surface area contributed by atoms with Crippen LogP contribution in [-0.4, -0.2) is 16.5 Å². The van der Waals surface area contributed by atoms with Gasteiger partial charge in [0.25, 0.3) is 0 Å². The zero-order chi connectivity index (χ0) is 13.0. The Morgan fingerprint density at radius 2 is 1.94 bits per heavy atom. The van der Waals surface area contributed by atoms with Crippen LogP contribution in [0.25, 0.3) is 11.3 Å². The molecule has 0 saturated carbocycles. The van der Waals surface area contributed by atoms with Gasteiger partial charge in [-0.2, -0.15) is 0 Å². The van der Waals surface area contributed by atoms with Gasteiger partial charge in [0, 0.05) is 24.5 Å². The van der Waals surface area contributed by atoms with E-state index in [2.05, 4.69) is 22.2 Å². The van der Waals surface area contributed by atoms with Crippen molar-refractivity contribution in [1.29, 1.82) is 0 Å². The molecule has 1 N–H and O–H groups in total. The van der Waals surface area contributed by atoms with E-state index in [1.165, 1.54) is 12.1 Å². The summed E-state index contributed by atoms with van der Waals surface area (Å²) in [4.78, 5) is 8.55. The predicted molar refractivity (Wildman–Crippen MR) is 70.9 cm³/mol. The molecule has 18 heavy (non-hydrogen) atoms. The summed E-state index contributed by atoms with van der Waals surface area (Å²) in [5.74, 6) is 0.446. The largest absolute Gasteiger partial charge is 0.368 e. The van der Waals surface area contributed by atoms with Crippen LogP contribution in [0.2, 0.25) is 0 Å². The third kappa shape index (κ3) is 2.83. The molecule has 94 valence electrons. The molecule has 2 aromatic rings. The van der Waals surface area contributed by atoms with Crippen molar-refractivity contribution in [1.82, 2.24) is 9.97 Å². The van der Waals surface area contributed by atoms with Gasteiger partial charge >= 0.3 is 0 Å². The monoisotopic (exact) mass is 245 g/mol. The van der Waals surface area contributed by atoms with E-state index in [0.717, 1.165) is 24.1 Å². The van der Waals surface area contributed by atoms with Crippen molar-refractivity contribution in [2.24, 2.45) is 0 Å². The number of benzene rings is 1. The third-order valence-electron chi connectivity index (χ3n) is 2.56. The number of halogens is 1. The summed E-state index contributed by atoms with van der Waals surface area (Å²) in [5, 5.41) is 3.20. The Morgan fingerprint density at radius 3 is 2.67 bits per heavy atom. The normalized spacial score (nSPS) is 10.4. The standard InChI is InChI=1S/C14H16FN3/c1-3-4-17-14-13(16-5-6-18-14)11-7-10(2)8-12(15)9-11/h5-9H,3-4H2,1-2H3,(H,17,18). The van der Waals surface area contributed by atoms with Gasteiger partial charge in [-0.1, -0.05) is 6.92 Å². The molecule has 4 heteroatoms. The second-order valence-electron chi connectivity index (χ2n) is 4.20. The zero-order valence-electron chi connectivity index (χ0n) is 10.6. The first-order chi connectivity index (χ1) is 8.70. The number of nitrogens with one attached hydrogen (secondary N) is 1. The number of aromatic nitrogens is 2. The lowest BCUT2D eigenvalue weighted by Crippen LogP contribution is -2.04. The van der Waals surface area contributed by atoms with Crippen LogP contribution < -0.4 is 5.32 Å². The number of rotatable bonds is 4. The van der Waals surface area contributed by atoms with Gasteiger partial charge in [-0.25, -0.2) is 9.37 Å². The lowest BCUT2D eigenvalue weighted by atomic mass is 10.1. The van der Waals surface area contributed by atoms with Crippen molar-refractivity contribution in [3.05, 3.63) is 42.0 Å². The van der Waals surface area contributed by atoms with E-state index in [0.29, 0.717) is 11.5 Å². The minimum absolute atomic E-state index is 0.253. The van der Waals surface area contributed by atoms with Crippen LogP contribution >= 0.6 is 0 Å². The molecule has 0 aliphatic heterocycles. The average molecular weight is 245 g/mol. The Kier molecular flexibility index (Phi) is 3.87. The topological polar surface area (TPSA) is 37.8 Å². The molecule has 0 aliphatic rings. The van der Waals surface area contributed by atoms with Crippen LogP contribution in [0.4, 0.5) is 10.2 Å². The highest BCUT2D eigenvalue weighted by atomic mass is 19.1. The third-order valence-corrected chi connectivity index (χ3v) is 2.56. The first kappa shape index (κ1) is 12.5. The maximum atomic E-state index is 13.4. The highest BCUT2D eigenvalue weighted by Crippen LogP contribution is 2.25. The van der Waals surface area contributed by atoms with Crippen molar-refractivity contribution in [2.45, 2.75) is 20.3 Å². The van der Waals surface area contributed by atoms with Gasteiger partial charge in [0.15, 0.2) is 5.82 Å². The SMILES string of the molecule is CCCNc1nccnc1-c1cc(C)cc(F)c1. The molecule has 0 unspecified atom stereocenters. The predicted octanol–water partition coefficient (Wildman–Crippen LogP) is 3.41. The first-order valence-electron chi connectivity index (χ1n) is 6.03. The van der Waals surface area contributed by atoms with Crippen molar-refractivity contribution in [3.63, 3.8) is 0 Å². The van der Waals surface area contributed by atoms with E-state index < -0.39 is 0 Å². The lowest BCUT2D eigenvalue weighted by Gasteiger charge is -2.09. The Balaban J connectivity index is 2.42. The summed E-state index contributed by atoms with van der Waals surface area (Å²) < 4.78 is 13.4. The quantitative estimate of drug-likeness (QED) is 0.897. The molecule has 1 aromatic heterocycles. The van der Waals surface area contributed by atoms with Crippen molar-refractivity contribution < 1.29 is 4.39 Å². The molecule has 3 nitrogen and oxygen atoms in total. The highest BCUT2D eigenvalue weighted by molar-refractivity contribution is 5.71. The molecule has 0 spiro atoms. The van der Waals surface area contributed by atoms with Gasteiger partial charge in [0.1, 0.15) is 11.5 Å². The molecule has 0 fully saturated rings. The molecule has 2 rings (SSSR count). The number of hydrogen-bond acceptors (Lipinski definition) is 3. The van der Waals surface area contributed by atoms with Gasteiger partial charge in [-0.05, 0) is 37.1 Å². The lowest BCUT2D eigenvalue weighted by molar-refractivity contribution is 0.627. The second-order valence-corrected chi connectivity index (χ2v) is 4.20. The van der Waals surface area contributed by atoms with Gasteiger partial charge in [-0.3, -0.25) is 4.98 Å². The van der Waals surface area contributed by atoms with Crippen LogP contribution in [0.15, 0.2) is 30.6 Å². The molecule has 1 aromatic carbocycles. The molecule has 0 saturated heterocycles. The fourth-order valence-corrected chi connectivity index (χ4v) is 1.80. The van der Waals surface area contributed by atoms with E-state index in [1.807, 2.05) is 13.0 Å². The molecular weight excluding hydrogens is 229 g/mol. The Bertz CT molecular complexity index is 520. The van der Waals surface area contributed by atoms with Gasteiger partial charge in [0.2, 0.25) is 0 Å². The van der Waals surface area contributed by atoms with Gasteiger partial charge in [-0.15, -0.1) is 0 Å². The molecule has 0 atom stereocenters. The van der Waals surface area contributed by atoms with Crippen molar-refractivity contribution >= 4 is 5.82 Å². The number of anilines is 1. The van der Waals surface area contributed by atoms with Gasteiger partial charge in [0.05, 0.1) is 0 Å². The minimum atomic E-state index is -0.253. The van der Waals surface area contributed by atoms with E-state index in [9.17, 15) is 4.39 Å². The molecule has 0 radical (unpaired) electrons. The van der Waals surface area contributed by atoms with Crippen LogP contribution in [0, 0.1) is 12.7 Å². The zero-order valence-corrected chi connectivity index (χ0v) is 10.6. The minimum Gasteiger partial charge on any atom is -0.368 e. The first-order valence-corrected chi connectivity index (χ1v) is 6.03. The molecular formula is C14H16FN3. The molecule has 0 bridgehead atoms. The molecule has 0 amide bonds. The summed E-state index contributed by atoms with van der Waals surface area (Å²) >= 11 is 0.